The first kappa shape index (κ1) is 24.2. The van der Waals surface area contributed by atoms with E-state index in [2.05, 4.69) is 37.6 Å². The summed E-state index contributed by atoms with van der Waals surface area (Å²) in [5.74, 6) is 1.33. The van der Waals surface area contributed by atoms with Crippen LogP contribution < -0.4 is 4.74 Å². The Morgan fingerprint density at radius 1 is 1.14 bits per heavy atom. The van der Waals surface area contributed by atoms with E-state index in [4.69, 9.17) is 16.3 Å². The van der Waals surface area contributed by atoms with Gasteiger partial charge in [-0.1, -0.05) is 37.4 Å². The third kappa shape index (κ3) is 5.49. The average molecular weight is 506 g/mol. The molecule has 1 N–H and O–H groups in total. The summed E-state index contributed by atoms with van der Waals surface area (Å²) in [6, 6.07) is 5.53. The summed E-state index contributed by atoms with van der Waals surface area (Å²) in [7, 11) is 0. The maximum atomic E-state index is 11.3. The molecule has 4 heterocycles. The minimum Gasteiger partial charge on any atom is -0.449 e. The van der Waals surface area contributed by atoms with E-state index in [0.717, 1.165) is 35.5 Å². The van der Waals surface area contributed by atoms with Gasteiger partial charge in [0.2, 0.25) is 0 Å². The summed E-state index contributed by atoms with van der Waals surface area (Å²) in [6.45, 7) is 3.17. The highest BCUT2D eigenvalue weighted by molar-refractivity contribution is 6.30. The van der Waals surface area contributed by atoms with Gasteiger partial charge in [0.05, 0.1) is 16.1 Å². The van der Waals surface area contributed by atoms with Crippen LogP contribution in [0.3, 0.4) is 0 Å². The molecule has 4 aromatic heterocycles. The molecule has 0 bridgehead atoms. The van der Waals surface area contributed by atoms with Gasteiger partial charge >= 0.3 is 12.2 Å². The van der Waals surface area contributed by atoms with Crippen LogP contribution in [0.5, 0.6) is 6.01 Å². The van der Waals surface area contributed by atoms with E-state index in [9.17, 15) is 9.90 Å². The molecule has 0 amide bonds. The molecule has 9 heteroatoms. The van der Waals surface area contributed by atoms with Crippen molar-refractivity contribution in [1.82, 2.24) is 24.5 Å². The van der Waals surface area contributed by atoms with Crippen LogP contribution in [0.15, 0.2) is 49.2 Å². The molecule has 1 aliphatic carbocycles. The lowest BCUT2D eigenvalue weighted by atomic mass is 9.83. The molecule has 1 saturated carbocycles. The fraction of sp³-hybridized carbons (Fsp3) is 0.370. The lowest BCUT2D eigenvalue weighted by Gasteiger charge is -2.26. The van der Waals surface area contributed by atoms with Gasteiger partial charge in [0, 0.05) is 43.1 Å². The van der Waals surface area contributed by atoms with Crippen LogP contribution in [0.1, 0.15) is 43.7 Å². The Labute approximate surface area is 214 Å². The first-order chi connectivity index (χ1) is 17.5. The number of hydrogen-bond donors (Lipinski definition) is 1. The van der Waals surface area contributed by atoms with E-state index in [-0.39, 0.29) is 6.01 Å². The predicted molar refractivity (Wildman–Crippen MR) is 137 cm³/mol. The number of pyridine rings is 2. The second kappa shape index (κ2) is 10.6. The van der Waals surface area contributed by atoms with Gasteiger partial charge in [-0.05, 0) is 60.8 Å². The monoisotopic (exact) mass is 505 g/mol. The zero-order valence-corrected chi connectivity index (χ0v) is 20.9. The normalized spacial score (nSPS) is 17.8. The molecular weight excluding hydrogens is 478 g/mol. The van der Waals surface area contributed by atoms with Crippen LogP contribution in [0, 0.1) is 11.8 Å². The van der Waals surface area contributed by atoms with Crippen molar-refractivity contribution in [2.75, 3.05) is 0 Å². The van der Waals surface area contributed by atoms with Gasteiger partial charge in [0.1, 0.15) is 5.69 Å². The number of nitrogens with zero attached hydrogens (tertiary/aromatic N) is 5. The van der Waals surface area contributed by atoms with Crippen LogP contribution in [0.2, 0.25) is 5.02 Å². The van der Waals surface area contributed by atoms with Gasteiger partial charge in [0.25, 0.3) is 0 Å². The van der Waals surface area contributed by atoms with Crippen LogP contribution >= 0.6 is 11.6 Å². The summed E-state index contributed by atoms with van der Waals surface area (Å²) in [4.78, 5) is 28.9. The van der Waals surface area contributed by atoms with Gasteiger partial charge in [0.15, 0.2) is 0 Å². The number of aryl methyl sites for hydroxylation is 2. The summed E-state index contributed by atoms with van der Waals surface area (Å²) >= 11 is 6.26. The van der Waals surface area contributed by atoms with Crippen molar-refractivity contribution < 1.29 is 14.6 Å². The largest absolute Gasteiger partial charge is 0.513 e. The number of rotatable bonds is 7. The standard InChI is InChI=1S/C27H28ClN5O3/c1-17-4-6-19(7-5-17)15-33-16-20(9-8-18-3-2-10-29-12-18)23-25(33)24(21-11-22(28)14-30-13-21)32-26(31-23)36-27(34)35/h2-3,10-14,16-17,19H,4-9,15H2,1H3,(H,34,35). The first-order valence-electron chi connectivity index (χ1n) is 12.3. The number of aromatic nitrogens is 5. The maximum absolute atomic E-state index is 11.3. The van der Waals surface area contributed by atoms with E-state index < -0.39 is 6.16 Å². The molecule has 186 valence electrons. The van der Waals surface area contributed by atoms with Crippen LogP contribution in [0.25, 0.3) is 22.3 Å². The maximum Gasteiger partial charge on any atom is 0.513 e. The third-order valence-electron chi connectivity index (χ3n) is 6.92. The highest BCUT2D eigenvalue weighted by Crippen LogP contribution is 2.35. The minimum atomic E-state index is -1.46. The van der Waals surface area contributed by atoms with E-state index in [1.807, 2.05) is 18.3 Å². The zero-order valence-electron chi connectivity index (χ0n) is 20.1. The van der Waals surface area contributed by atoms with Gasteiger partial charge < -0.3 is 14.4 Å². The van der Waals surface area contributed by atoms with E-state index in [1.54, 1.807) is 24.7 Å². The van der Waals surface area contributed by atoms with Gasteiger partial charge in [-0.2, -0.15) is 9.97 Å². The van der Waals surface area contributed by atoms with Crippen molar-refractivity contribution in [2.45, 2.75) is 52.0 Å². The molecule has 36 heavy (non-hydrogen) atoms. The number of carbonyl (C=O) groups is 1. The molecule has 1 fully saturated rings. The van der Waals surface area contributed by atoms with Crippen molar-refractivity contribution in [1.29, 1.82) is 0 Å². The van der Waals surface area contributed by atoms with E-state index in [1.165, 1.54) is 25.7 Å². The fourth-order valence-electron chi connectivity index (χ4n) is 5.05. The molecule has 0 aliphatic heterocycles. The highest BCUT2D eigenvalue weighted by Gasteiger charge is 2.24. The van der Waals surface area contributed by atoms with Crippen LogP contribution in [-0.4, -0.2) is 35.8 Å². The SMILES string of the molecule is CC1CCC(Cn2cc(CCc3cccnc3)c3nc(OC(=O)O)nc(-c4cncc(Cl)c4)c32)CC1. The molecule has 0 unspecified atom stereocenters. The van der Waals surface area contributed by atoms with Crippen molar-refractivity contribution >= 4 is 28.8 Å². The number of ether oxygens (including phenoxy) is 1. The fourth-order valence-corrected chi connectivity index (χ4v) is 5.23. The molecule has 0 radical (unpaired) electrons. The molecular formula is C27H28ClN5O3. The Morgan fingerprint density at radius 2 is 1.97 bits per heavy atom. The Hall–Kier alpha value is -3.52. The van der Waals surface area contributed by atoms with Crippen molar-refractivity contribution in [3.05, 3.63) is 65.3 Å². The summed E-state index contributed by atoms with van der Waals surface area (Å²) < 4.78 is 7.16. The van der Waals surface area contributed by atoms with Crippen molar-refractivity contribution in [3.63, 3.8) is 0 Å². The number of hydrogen-bond acceptors (Lipinski definition) is 6. The Morgan fingerprint density at radius 3 is 2.69 bits per heavy atom. The molecule has 0 spiro atoms. The van der Waals surface area contributed by atoms with Crippen molar-refractivity contribution in [2.24, 2.45) is 11.8 Å². The van der Waals surface area contributed by atoms with Crippen LogP contribution in [0.4, 0.5) is 4.79 Å². The van der Waals surface area contributed by atoms with Crippen molar-refractivity contribution in [3.8, 4) is 17.3 Å². The number of halogens is 1. The lowest BCUT2D eigenvalue weighted by molar-refractivity contribution is 0.140. The first-order valence-corrected chi connectivity index (χ1v) is 12.6. The molecule has 4 aromatic rings. The molecule has 1 aliphatic rings. The zero-order chi connectivity index (χ0) is 25.1. The topological polar surface area (TPSA) is 103 Å². The van der Waals surface area contributed by atoms with Gasteiger partial charge in [-0.3, -0.25) is 9.97 Å². The lowest BCUT2D eigenvalue weighted by Crippen LogP contribution is -2.17. The molecule has 8 nitrogen and oxygen atoms in total. The van der Waals surface area contributed by atoms with Gasteiger partial charge in [-0.25, -0.2) is 4.79 Å². The summed E-state index contributed by atoms with van der Waals surface area (Å²) in [5.41, 5.74) is 4.89. The summed E-state index contributed by atoms with van der Waals surface area (Å²) in [6.07, 6.45) is 13.8. The number of carboxylic acid groups (broad SMARTS) is 1. The Bertz CT molecular complexity index is 1370. The molecule has 0 atom stereocenters. The predicted octanol–water partition coefficient (Wildman–Crippen LogP) is 6.21. The molecule has 0 aromatic carbocycles. The average Bonchev–Trinajstić information content (AvgIpc) is 3.21. The van der Waals surface area contributed by atoms with E-state index >= 15 is 0 Å². The second-order valence-electron chi connectivity index (χ2n) is 9.61. The third-order valence-corrected chi connectivity index (χ3v) is 7.13. The second-order valence-corrected chi connectivity index (χ2v) is 10.0. The van der Waals surface area contributed by atoms with Crippen LogP contribution in [-0.2, 0) is 19.4 Å². The van der Waals surface area contributed by atoms with Gasteiger partial charge in [-0.15, -0.1) is 0 Å². The summed E-state index contributed by atoms with van der Waals surface area (Å²) in [5, 5.41) is 9.73. The van der Waals surface area contributed by atoms with E-state index in [0.29, 0.717) is 34.1 Å². The smallest absolute Gasteiger partial charge is 0.449 e. The molecule has 5 rings (SSSR count). The Kier molecular flexibility index (Phi) is 7.13. The minimum absolute atomic E-state index is 0.211. The highest BCUT2D eigenvalue weighted by atomic mass is 35.5. The number of fused-ring (bicyclic) bond motifs is 1. The molecule has 0 saturated heterocycles. The Balaban J connectivity index is 1.63. The quantitative estimate of drug-likeness (QED) is 0.298.